The first-order valence-electron chi connectivity index (χ1n) is 9.09. The number of nitrogens with one attached hydrogen (secondary N) is 2. The Morgan fingerprint density at radius 1 is 1.00 bits per heavy atom. The second-order valence-corrected chi connectivity index (χ2v) is 12.5. The van der Waals surface area contributed by atoms with Gasteiger partial charge in [-0.15, -0.1) is 0 Å². The zero-order chi connectivity index (χ0) is 20.0. The number of hydrogen-bond donors (Lipinski definition) is 2. The first-order valence-corrected chi connectivity index (χ1v) is 12.6. The highest BCUT2D eigenvalue weighted by atomic mass is 28.3. The zero-order valence-electron chi connectivity index (χ0n) is 16.6. The number of methoxy groups -OCH3 is 1. The van der Waals surface area contributed by atoms with Gasteiger partial charge in [-0.2, -0.15) is 0 Å². The Bertz CT molecular complexity index is 781. The molecular weight excluding hydrogens is 356 g/mol. The number of ether oxygens (including phenoxy) is 1. The third-order valence-corrected chi connectivity index (χ3v) is 6.42. The van der Waals surface area contributed by atoms with Crippen LogP contribution in [0.3, 0.4) is 0 Å². The van der Waals surface area contributed by atoms with Gasteiger partial charge in [0.25, 0.3) is 5.91 Å². The lowest BCUT2D eigenvalue weighted by molar-refractivity contribution is -0.126. The van der Waals surface area contributed by atoms with Crippen LogP contribution in [0.5, 0.6) is 5.75 Å². The third-order valence-electron chi connectivity index (χ3n) is 4.36. The fraction of sp³-hybridized carbons (Fsp3) is 0.333. The maximum absolute atomic E-state index is 12.9. The molecule has 0 radical (unpaired) electrons. The summed E-state index contributed by atoms with van der Waals surface area (Å²) in [5.74, 6) is 0.240. The molecule has 2 aromatic carbocycles. The largest absolute Gasteiger partial charge is 0.497 e. The lowest BCUT2D eigenvalue weighted by Crippen LogP contribution is -2.38. The predicted molar refractivity (Wildman–Crippen MR) is 112 cm³/mol. The van der Waals surface area contributed by atoms with Crippen molar-refractivity contribution < 1.29 is 14.3 Å². The van der Waals surface area contributed by atoms with E-state index in [1.807, 2.05) is 12.1 Å². The molecule has 5 nitrogen and oxygen atoms in total. The highest BCUT2D eigenvalue weighted by molar-refractivity contribution is 6.88. The van der Waals surface area contributed by atoms with Crippen molar-refractivity contribution in [2.75, 3.05) is 12.4 Å². The van der Waals surface area contributed by atoms with E-state index in [4.69, 9.17) is 4.74 Å². The summed E-state index contributed by atoms with van der Waals surface area (Å²) in [5.41, 5.74) is 1.42. The summed E-state index contributed by atoms with van der Waals surface area (Å²) in [5, 5.41) is 7.02. The summed E-state index contributed by atoms with van der Waals surface area (Å²) in [6.45, 7) is 8.59. The minimum atomic E-state index is -1.39. The first-order chi connectivity index (χ1) is 12.7. The van der Waals surface area contributed by atoms with Gasteiger partial charge in [-0.1, -0.05) is 56.0 Å². The van der Waals surface area contributed by atoms with Crippen LogP contribution < -0.4 is 20.6 Å². The molecule has 2 rings (SSSR count). The van der Waals surface area contributed by atoms with Gasteiger partial charge in [-0.25, -0.2) is 0 Å². The Morgan fingerprint density at radius 2 is 1.59 bits per heavy atom. The van der Waals surface area contributed by atoms with Crippen LogP contribution in [0.15, 0.2) is 48.5 Å². The number of carbonyl (C=O) groups is 2. The fourth-order valence-electron chi connectivity index (χ4n) is 2.63. The average molecular weight is 385 g/mol. The van der Waals surface area contributed by atoms with Crippen molar-refractivity contribution in [2.24, 2.45) is 0 Å². The van der Waals surface area contributed by atoms with Crippen LogP contribution in [0, 0.1) is 0 Å². The van der Waals surface area contributed by atoms with E-state index >= 15 is 0 Å². The molecular formula is C21H28N2O3Si. The Balaban J connectivity index is 2.21. The number of hydrogen-bond acceptors (Lipinski definition) is 3. The van der Waals surface area contributed by atoms with Gasteiger partial charge >= 0.3 is 0 Å². The quantitative estimate of drug-likeness (QED) is 0.719. The van der Waals surface area contributed by atoms with Crippen molar-refractivity contribution in [3.05, 3.63) is 54.1 Å². The van der Waals surface area contributed by atoms with Gasteiger partial charge in [0.15, 0.2) is 0 Å². The normalized spacial score (nSPS) is 12.2. The van der Waals surface area contributed by atoms with Crippen LogP contribution in [0.1, 0.15) is 24.9 Å². The van der Waals surface area contributed by atoms with Crippen molar-refractivity contribution in [1.82, 2.24) is 5.32 Å². The summed E-state index contributed by atoms with van der Waals surface area (Å²) in [6.07, 6.45) is 0.310. The first kappa shape index (κ1) is 20.7. The molecule has 2 N–H and O–H groups in total. The van der Waals surface area contributed by atoms with Crippen LogP contribution in [0.25, 0.3) is 0 Å². The summed E-state index contributed by atoms with van der Waals surface area (Å²) >= 11 is 0. The van der Waals surface area contributed by atoms with Crippen LogP contribution in [-0.4, -0.2) is 27.0 Å². The van der Waals surface area contributed by atoms with Crippen LogP contribution in [0.2, 0.25) is 19.6 Å². The second kappa shape index (κ2) is 8.86. The zero-order valence-corrected chi connectivity index (χ0v) is 17.6. The lowest BCUT2D eigenvalue weighted by atomic mass is 10.1. The maximum Gasteiger partial charge on any atom is 0.251 e. The van der Waals surface area contributed by atoms with E-state index < -0.39 is 14.1 Å². The molecule has 0 heterocycles. The van der Waals surface area contributed by atoms with Crippen molar-refractivity contribution in [2.45, 2.75) is 39.0 Å². The standard InChI is InChI=1S/C21H28N2O3Si/c1-6-19(24)23-20(15-7-11-17(26-2)12-8-15)21(25)22-16-9-13-18(14-10-16)27(3,4)5/h7-14,20H,6H2,1-5H3,(H,22,25)(H,23,24). The van der Waals surface area contributed by atoms with Crippen LogP contribution >= 0.6 is 0 Å². The molecule has 144 valence electrons. The van der Waals surface area contributed by atoms with Crippen molar-refractivity contribution in [1.29, 1.82) is 0 Å². The molecule has 0 aliphatic rings. The lowest BCUT2D eigenvalue weighted by Gasteiger charge is -2.20. The molecule has 27 heavy (non-hydrogen) atoms. The minimum absolute atomic E-state index is 0.181. The van der Waals surface area contributed by atoms with E-state index in [1.165, 1.54) is 5.19 Å². The molecule has 0 aliphatic carbocycles. The Morgan fingerprint density at radius 3 is 2.07 bits per heavy atom. The smallest absolute Gasteiger partial charge is 0.251 e. The van der Waals surface area contributed by atoms with Crippen LogP contribution in [-0.2, 0) is 9.59 Å². The maximum atomic E-state index is 12.9. The van der Waals surface area contributed by atoms with E-state index in [0.29, 0.717) is 23.4 Å². The molecule has 0 spiro atoms. The molecule has 0 bridgehead atoms. The molecule has 2 amide bonds. The SMILES string of the molecule is CCC(=O)NC(C(=O)Nc1ccc([Si](C)(C)C)cc1)c1ccc(OC)cc1. The molecule has 6 heteroatoms. The van der Waals surface area contributed by atoms with E-state index in [1.54, 1.807) is 38.3 Å². The van der Waals surface area contributed by atoms with E-state index in [9.17, 15) is 9.59 Å². The highest BCUT2D eigenvalue weighted by Crippen LogP contribution is 2.20. The molecule has 1 unspecified atom stereocenters. The number of carbonyl (C=O) groups excluding carboxylic acids is 2. The number of benzene rings is 2. The number of rotatable bonds is 7. The van der Waals surface area contributed by atoms with Gasteiger partial charge in [-0.05, 0) is 29.8 Å². The summed E-state index contributed by atoms with van der Waals surface area (Å²) in [4.78, 5) is 24.8. The highest BCUT2D eigenvalue weighted by Gasteiger charge is 2.23. The molecule has 0 saturated carbocycles. The van der Waals surface area contributed by atoms with Gasteiger partial charge in [-0.3, -0.25) is 9.59 Å². The van der Waals surface area contributed by atoms with Gasteiger partial charge in [0.2, 0.25) is 5.91 Å². The minimum Gasteiger partial charge on any atom is -0.497 e. The van der Waals surface area contributed by atoms with E-state index in [0.717, 1.165) is 0 Å². The third kappa shape index (κ3) is 5.69. The monoisotopic (exact) mass is 384 g/mol. The molecule has 0 aromatic heterocycles. The van der Waals surface area contributed by atoms with Gasteiger partial charge in [0.1, 0.15) is 11.8 Å². The van der Waals surface area contributed by atoms with Crippen molar-refractivity contribution >= 4 is 30.8 Å². The summed E-state index contributed by atoms with van der Waals surface area (Å²) < 4.78 is 5.16. The summed E-state index contributed by atoms with van der Waals surface area (Å²) in [7, 11) is 0.197. The van der Waals surface area contributed by atoms with Gasteiger partial charge in [0.05, 0.1) is 15.2 Å². The van der Waals surface area contributed by atoms with Crippen LogP contribution in [0.4, 0.5) is 5.69 Å². The predicted octanol–water partition coefficient (Wildman–Crippen LogP) is 3.45. The van der Waals surface area contributed by atoms with Crippen molar-refractivity contribution in [3.63, 3.8) is 0 Å². The molecule has 0 saturated heterocycles. The van der Waals surface area contributed by atoms with E-state index in [-0.39, 0.29) is 11.8 Å². The van der Waals surface area contributed by atoms with Gasteiger partial charge < -0.3 is 15.4 Å². The number of anilines is 1. The number of amides is 2. The Labute approximate surface area is 162 Å². The molecule has 0 fully saturated rings. The fourth-order valence-corrected chi connectivity index (χ4v) is 3.79. The Kier molecular flexibility index (Phi) is 6.79. The average Bonchev–Trinajstić information content (AvgIpc) is 2.65. The summed E-state index contributed by atoms with van der Waals surface area (Å²) in [6, 6.07) is 14.3. The molecule has 1 atom stereocenters. The van der Waals surface area contributed by atoms with Gasteiger partial charge in [0, 0.05) is 12.1 Å². The molecule has 0 aliphatic heterocycles. The second-order valence-electron chi connectivity index (χ2n) is 7.44. The van der Waals surface area contributed by atoms with E-state index in [2.05, 4.69) is 42.4 Å². The molecule has 2 aromatic rings. The van der Waals surface area contributed by atoms with Crippen molar-refractivity contribution in [3.8, 4) is 5.75 Å². The Hall–Kier alpha value is -2.60. The topological polar surface area (TPSA) is 67.4 Å².